The lowest BCUT2D eigenvalue weighted by Gasteiger charge is -2.22. The van der Waals surface area contributed by atoms with E-state index in [0.717, 1.165) is 12.8 Å². The van der Waals surface area contributed by atoms with Crippen LogP contribution in [-0.2, 0) is 9.53 Å². The van der Waals surface area contributed by atoms with Gasteiger partial charge < -0.3 is 4.74 Å². The number of esters is 1. The van der Waals surface area contributed by atoms with Crippen LogP contribution in [0.4, 0.5) is 0 Å². The minimum atomic E-state index is 0.0409. The summed E-state index contributed by atoms with van der Waals surface area (Å²) in [4.78, 5) is 12.3. The molecule has 0 saturated carbocycles. The van der Waals surface area contributed by atoms with Crippen molar-refractivity contribution in [2.24, 2.45) is 11.8 Å². The molecule has 0 aromatic carbocycles. The summed E-state index contributed by atoms with van der Waals surface area (Å²) < 4.78 is 5.32. The van der Waals surface area contributed by atoms with Gasteiger partial charge >= 0.3 is 5.97 Å². The van der Waals surface area contributed by atoms with Crippen molar-refractivity contribution >= 4 is 5.97 Å². The van der Waals surface area contributed by atoms with Gasteiger partial charge in [-0.1, -0.05) is 111 Å². The van der Waals surface area contributed by atoms with Crippen molar-refractivity contribution in [2.75, 3.05) is 6.61 Å². The Morgan fingerprint density at radius 3 is 1.58 bits per heavy atom. The summed E-state index contributed by atoms with van der Waals surface area (Å²) in [5.41, 5.74) is 0. The zero-order valence-corrected chi connectivity index (χ0v) is 18.5. The number of hydrogen-bond donors (Lipinski definition) is 0. The molecule has 0 N–H and O–H groups in total. The summed E-state index contributed by atoms with van der Waals surface area (Å²) in [6.07, 6.45) is 21.0. The molecule has 0 aromatic heterocycles. The number of carbonyl (C=O) groups excluding carboxylic acids is 1. The fourth-order valence-corrected chi connectivity index (χ4v) is 3.82. The average Bonchev–Trinajstić information content (AvgIpc) is 2.63. The minimum absolute atomic E-state index is 0.0409. The van der Waals surface area contributed by atoms with E-state index in [1.807, 2.05) is 6.92 Å². The predicted octanol–water partition coefficient (Wildman–Crippen LogP) is 8.08. The van der Waals surface area contributed by atoms with Gasteiger partial charge in [0.1, 0.15) is 0 Å². The van der Waals surface area contributed by atoms with Crippen molar-refractivity contribution in [3.8, 4) is 0 Å². The van der Waals surface area contributed by atoms with E-state index in [2.05, 4.69) is 20.8 Å². The number of ether oxygens (including phenoxy) is 1. The highest BCUT2D eigenvalue weighted by atomic mass is 16.5. The molecule has 0 fully saturated rings. The maximum absolute atomic E-state index is 12.3. The molecule has 2 nitrogen and oxygen atoms in total. The molecule has 2 atom stereocenters. The molecule has 0 heterocycles. The summed E-state index contributed by atoms with van der Waals surface area (Å²) in [5.74, 6) is 0.616. The number of hydrogen-bond acceptors (Lipinski definition) is 2. The molecule has 2 unspecified atom stereocenters. The Morgan fingerprint density at radius 1 is 0.654 bits per heavy atom. The summed E-state index contributed by atoms with van der Waals surface area (Å²) in [6, 6.07) is 0. The topological polar surface area (TPSA) is 26.3 Å². The van der Waals surface area contributed by atoms with Gasteiger partial charge in [-0.25, -0.2) is 0 Å². The highest BCUT2D eigenvalue weighted by Gasteiger charge is 2.25. The van der Waals surface area contributed by atoms with Crippen molar-refractivity contribution in [2.45, 2.75) is 130 Å². The molecule has 0 rings (SSSR count). The Morgan fingerprint density at radius 2 is 1.12 bits per heavy atom. The van der Waals surface area contributed by atoms with Gasteiger partial charge in [-0.15, -0.1) is 0 Å². The van der Waals surface area contributed by atoms with Gasteiger partial charge in [-0.05, 0) is 25.7 Å². The molecule has 0 radical (unpaired) electrons. The first kappa shape index (κ1) is 25.5. The fourth-order valence-electron chi connectivity index (χ4n) is 3.82. The monoisotopic (exact) mass is 368 g/mol. The van der Waals surface area contributed by atoms with Gasteiger partial charge in [0.2, 0.25) is 0 Å². The standard InChI is InChI=1S/C24H48O2/c1-5-8-10-11-12-13-14-15-16-17-18-19-21-23(24(25)26-7-3)22(4)20-9-6-2/h22-23H,5-21H2,1-4H3. The van der Waals surface area contributed by atoms with Crippen molar-refractivity contribution in [1.29, 1.82) is 0 Å². The van der Waals surface area contributed by atoms with Crippen molar-refractivity contribution in [3.05, 3.63) is 0 Å². The van der Waals surface area contributed by atoms with Crippen LogP contribution in [-0.4, -0.2) is 12.6 Å². The van der Waals surface area contributed by atoms with Crippen LogP contribution in [0, 0.1) is 11.8 Å². The maximum Gasteiger partial charge on any atom is 0.309 e. The van der Waals surface area contributed by atoms with Gasteiger partial charge in [-0.3, -0.25) is 4.79 Å². The summed E-state index contributed by atoms with van der Waals surface area (Å²) >= 11 is 0. The predicted molar refractivity (Wildman–Crippen MR) is 115 cm³/mol. The highest BCUT2D eigenvalue weighted by molar-refractivity contribution is 5.72. The molecular weight excluding hydrogens is 320 g/mol. The first-order valence-electron chi connectivity index (χ1n) is 11.8. The lowest BCUT2D eigenvalue weighted by Crippen LogP contribution is -2.24. The summed E-state index contributed by atoms with van der Waals surface area (Å²) in [7, 11) is 0. The molecule has 26 heavy (non-hydrogen) atoms. The maximum atomic E-state index is 12.3. The van der Waals surface area contributed by atoms with Crippen molar-refractivity contribution in [1.82, 2.24) is 0 Å². The van der Waals surface area contributed by atoms with Gasteiger partial charge in [-0.2, -0.15) is 0 Å². The van der Waals surface area contributed by atoms with Crippen LogP contribution < -0.4 is 0 Å². The van der Waals surface area contributed by atoms with E-state index in [1.165, 1.54) is 89.9 Å². The van der Waals surface area contributed by atoms with Gasteiger partial charge in [0.15, 0.2) is 0 Å². The Balaban J connectivity index is 3.73. The SMILES string of the molecule is CCCCCCCCCCCCCCC(C(=O)OCC)C(C)CCCC. The van der Waals surface area contributed by atoms with Crippen LogP contribution in [0.15, 0.2) is 0 Å². The van der Waals surface area contributed by atoms with E-state index >= 15 is 0 Å². The fraction of sp³-hybridized carbons (Fsp3) is 0.958. The second-order valence-corrected chi connectivity index (χ2v) is 8.16. The molecule has 0 spiro atoms. The van der Waals surface area contributed by atoms with Crippen molar-refractivity contribution < 1.29 is 9.53 Å². The summed E-state index contributed by atoms with van der Waals surface area (Å²) in [5, 5.41) is 0. The van der Waals surface area contributed by atoms with Crippen molar-refractivity contribution in [3.63, 3.8) is 0 Å². The highest BCUT2D eigenvalue weighted by Crippen LogP contribution is 2.25. The Kier molecular flexibility index (Phi) is 18.8. The van der Waals surface area contributed by atoms with Crippen LogP contribution in [0.25, 0.3) is 0 Å². The van der Waals surface area contributed by atoms with E-state index < -0.39 is 0 Å². The second-order valence-electron chi connectivity index (χ2n) is 8.16. The number of rotatable bonds is 19. The van der Waals surface area contributed by atoms with E-state index in [4.69, 9.17) is 4.74 Å². The van der Waals surface area contributed by atoms with E-state index in [1.54, 1.807) is 0 Å². The summed E-state index contributed by atoms with van der Waals surface area (Å²) in [6.45, 7) is 9.15. The third kappa shape index (κ3) is 14.6. The quantitative estimate of drug-likeness (QED) is 0.170. The molecule has 0 saturated heterocycles. The Bertz CT molecular complexity index is 301. The first-order valence-corrected chi connectivity index (χ1v) is 11.8. The zero-order valence-electron chi connectivity index (χ0n) is 18.5. The molecule has 0 aromatic rings. The molecule has 0 bridgehead atoms. The number of carbonyl (C=O) groups is 1. The van der Waals surface area contributed by atoms with Crippen LogP contribution in [0.3, 0.4) is 0 Å². The second kappa shape index (κ2) is 19.2. The average molecular weight is 369 g/mol. The largest absolute Gasteiger partial charge is 0.466 e. The van der Waals surface area contributed by atoms with E-state index in [9.17, 15) is 4.79 Å². The van der Waals surface area contributed by atoms with Gasteiger partial charge in [0, 0.05) is 0 Å². The Hall–Kier alpha value is -0.530. The van der Waals surface area contributed by atoms with Crippen LogP contribution in [0.5, 0.6) is 0 Å². The van der Waals surface area contributed by atoms with Gasteiger partial charge in [0.25, 0.3) is 0 Å². The third-order valence-electron chi connectivity index (χ3n) is 5.66. The van der Waals surface area contributed by atoms with Crippen LogP contribution in [0.1, 0.15) is 130 Å². The normalized spacial score (nSPS) is 13.5. The molecule has 0 aliphatic rings. The van der Waals surface area contributed by atoms with Crippen LogP contribution in [0.2, 0.25) is 0 Å². The zero-order chi connectivity index (χ0) is 19.5. The molecule has 0 amide bonds. The molecule has 0 aliphatic heterocycles. The Labute approximate surface area is 164 Å². The number of unbranched alkanes of at least 4 members (excludes halogenated alkanes) is 12. The van der Waals surface area contributed by atoms with Gasteiger partial charge in [0.05, 0.1) is 12.5 Å². The lowest BCUT2D eigenvalue weighted by molar-refractivity contribution is -0.150. The van der Waals surface area contributed by atoms with Crippen LogP contribution >= 0.6 is 0 Å². The molecule has 2 heteroatoms. The lowest BCUT2D eigenvalue weighted by atomic mass is 9.85. The van der Waals surface area contributed by atoms with E-state index in [-0.39, 0.29) is 11.9 Å². The molecular formula is C24H48O2. The van der Waals surface area contributed by atoms with E-state index in [0.29, 0.717) is 12.5 Å². The molecule has 0 aliphatic carbocycles. The smallest absolute Gasteiger partial charge is 0.309 e. The third-order valence-corrected chi connectivity index (χ3v) is 5.66. The molecule has 156 valence electrons. The minimum Gasteiger partial charge on any atom is -0.466 e. The first-order chi connectivity index (χ1) is 12.7.